The number of hydrogen-bond donors (Lipinski definition) is 1. The van der Waals surface area contributed by atoms with E-state index in [-0.39, 0.29) is 5.78 Å². The molecule has 5 nitrogen and oxygen atoms in total. The highest BCUT2D eigenvalue weighted by atomic mass is 32.1. The molecule has 0 radical (unpaired) electrons. The van der Waals surface area contributed by atoms with Gasteiger partial charge in [-0.2, -0.15) is 0 Å². The number of nitrogens with zero attached hydrogens (tertiary/aromatic N) is 1. The number of nitrogens with two attached hydrogens (primary N) is 1. The standard InChI is InChI=1S/C19H20N2O3S/c1-4-5-12-7-8-13-16(20)18(25-19(13)21-12)17(22)11-6-9-14(23-2)15(10-11)24-3/h6-10H,4-5,20H2,1-3H3. The van der Waals surface area contributed by atoms with Crippen molar-refractivity contribution in [3.63, 3.8) is 0 Å². The minimum Gasteiger partial charge on any atom is -0.493 e. The lowest BCUT2D eigenvalue weighted by molar-refractivity contribution is 0.104. The molecule has 0 fully saturated rings. The molecular formula is C19H20N2O3S. The van der Waals surface area contributed by atoms with E-state index in [1.54, 1.807) is 32.4 Å². The Morgan fingerprint density at radius 3 is 2.60 bits per heavy atom. The highest BCUT2D eigenvalue weighted by Crippen LogP contribution is 2.36. The molecule has 3 aromatic rings. The molecule has 0 atom stereocenters. The van der Waals surface area contributed by atoms with E-state index in [1.165, 1.54) is 11.3 Å². The monoisotopic (exact) mass is 356 g/mol. The van der Waals surface area contributed by atoms with E-state index in [0.29, 0.717) is 27.6 Å². The first kappa shape index (κ1) is 17.2. The van der Waals surface area contributed by atoms with Gasteiger partial charge in [0.2, 0.25) is 5.78 Å². The second-order valence-corrected chi connectivity index (χ2v) is 6.65. The van der Waals surface area contributed by atoms with Gasteiger partial charge in [0.05, 0.1) is 19.9 Å². The number of anilines is 1. The summed E-state index contributed by atoms with van der Waals surface area (Å²) >= 11 is 1.33. The largest absolute Gasteiger partial charge is 0.493 e. The second-order valence-electron chi connectivity index (χ2n) is 5.65. The number of ether oxygens (including phenoxy) is 2. The lowest BCUT2D eigenvalue weighted by Gasteiger charge is -2.08. The first-order valence-corrected chi connectivity index (χ1v) is 8.85. The first-order valence-electron chi connectivity index (χ1n) is 8.03. The molecule has 2 aromatic heterocycles. The molecule has 2 N–H and O–H groups in total. The Kier molecular flexibility index (Phi) is 4.90. The SMILES string of the molecule is CCCc1ccc2c(N)c(C(=O)c3ccc(OC)c(OC)c3)sc2n1. The van der Waals surface area contributed by atoms with Crippen molar-refractivity contribution in [3.8, 4) is 11.5 Å². The molecule has 0 saturated carbocycles. The van der Waals surface area contributed by atoms with Crippen molar-refractivity contribution < 1.29 is 14.3 Å². The number of carbonyl (C=O) groups excluding carboxylic acids is 1. The Labute approximate surface area is 150 Å². The summed E-state index contributed by atoms with van der Waals surface area (Å²) in [6.45, 7) is 2.11. The molecule has 0 saturated heterocycles. The number of hydrogen-bond acceptors (Lipinski definition) is 6. The highest BCUT2D eigenvalue weighted by Gasteiger charge is 2.20. The number of pyridine rings is 1. The van der Waals surface area contributed by atoms with Gasteiger partial charge in [0.15, 0.2) is 11.5 Å². The Morgan fingerprint density at radius 2 is 1.92 bits per heavy atom. The van der Waals surface area contributed by atoms with Gasteiger partial charge >= 0.3 is 0 Å². The molecule has 0 bridgehead atoms. The van der Waals surface area contributed by atoms with Crippen LogP contribution in [-0.2, 0) is 6.42 Å². The molecule has 6 heteroatoms. The average molecular weight is 356 g/mol. The predicted octanol–water partition coefficient (Wildman–Crippen LogP) is 4.08. The lowest BCUT2D eigenvalue weighted by Crippen LogP contribution is -2.03. The van der Waals surface area contributed by atoms with Crippen LogP contribution in [0.1, 0.15) is 34.3 Å². The summed E-state index contributed by atoms with van der Waals surface area (Å²) in [5.74, 6) is 0.948. The van der Waals surface area contributed by atoms with Crippen LogP contribution < -0.4 is 15.2 Å². The number of benzene rings is 1. The van der Waals surface area contributed by atoms with Gasteiger partial charge in [-0.1, -0.05) is 13.3 Å². The fourth-order valence-corrected chi connectivity index (χ4v) is 3.78. The van der Waals surface area contributed by atoms with Crippen molar-refractivity contribution in [2.75, 3.05) is 20.0 Å². The summed E-state index contributed by atoms with van der Waals surface area (Å²) in [5.41, 5.74) is 8.22. The third kappa shape index (κ3) is 3.17. The third-order valence-corrected chi connectivity index (χ3v) is 5.12. The van der Waals surface area contributed by atoms with Gasteiger partial charge in [-0.3, -0.25) is 4.79 Å². The van der Waals surface area contributed by atoms with Crippen LogP contribution >= 0.6 is 11.3 Å². The zero-order valence-electron chi connectivity index (χ0n) is 14.5. The fourth-order valence-electron chi connectivity index (χ4n) is 2.71. The molecule has 3 rings (SSSR count). The maximum atomic E-state index is 12.9. The van der Waals surface area contributed by atoms with E-state index >= 15 is 0 Å². The minimum absolute atomic E-state index is 0.140. The van der Waals surface area contributed by atoms with Crippen molar-refractivity contribution >= 4 is 33.0 Å². The zero-order valence-corrected chi connectivity index (χ0v) is 15.3. The van der Waals surface area contributed by atoms with E-state index in [9.17, 15) is 4.79 Å². The van der Waals surface area contributed by atoms with E-state index in [2.05, 4.69) is 11.9 Å². The molecule has 0 amide bonds. The van der Waals surface area contributed by atoms with Crippen molar-refractivity contribution in [2.45, 2.75) is 19.8 Å². The molecule has 0 aliphatic heterocycles. The third-order valence-electron chi connectivity index (χ3n) is 4.01. The molecular weight excluding hydrogens is 336 g/mol. The minimum atomic E-state index is -0.140. The number of thiophene rings is 1. The smallest absolute Gasteiger partial charge is 0.205 e. The molecule has 0 aliphatic carbocycles. The van der Waals surface area contributed by atoms with Crippen LogP contribution in [0.2, 0.25) is 0 Å². The number of fused-ring (bicyclic) bond motifs is 1. The van der Waals surface area contributed by atoms with E-state index in [0.717, 1.165) is 28.8 Å². The maximum absolute atomic E-state index is 12.9. The molecule has 1 aromatic carbocycles. The highest BCUT2D eigenvalue weighted by molar-refractivity contribution is 7.21. The summed E-state index contributed by atoms with van der Waals surface area (Å²) in [6, 6.07) is 9.02. The number of aromatic nitrogens is 1. The quantitative estimate of drug-likeness (QED) is 0.674. The van der Waals surface area contributed by atoms with Crippen LogP contribution in [0.15, 0.2) is 30.3 Å². The Hall–Kier alpha value is -2.60. The number of ketones is 1. The van der Waals surface area contributed by atoms with Gasteiger partial charge in [-0.05, 0) is 36.8 Å². The van der Waals surface area contributed by atoms with Crippen molar-refractivity contribution in [3.05, 3.63) is 46.5 Å². The zero-order chi connectivity index (χ0) is 18.0. The molecule has 0 unspecified atom stereocenters. The Bertz CT molecular complexity index is 934. The maximum Gasteiger partial charge on any atom is 0.205 e. The second kappa shape index (κ2) is 7.11. The predicted molar refractivity (Wildman–Crippen MR) is 101 cm³/mol. The van der Waals surface area contributed by atoms with Crippen LogP contribution in [0.25, 0.3) is 10.2 Å². The summed E-state index contributed by atoms with van der Waals surface area (Å²) in [4.78, 5) is 18.8. The summed E-state index contributed by atoms with van der Waals surface area (Å²) in [7, 11) is 3.10. The van der Waals surface area contributed by atoms with Gasteiger partial charge in [-0.25, -0.2) is 4.98 Å². The van der Waals surface area contributed by atoms with Gasteiger partial charge in [0.1, 0.15) is 9.71 Å². The summed E-state index contributed by atoms with van der Waals surface area (Å²) < 4.78 is 10.5. The number of nitrogen functional groups attached to an aromatic ring is 1. The van der Waals surface area contributed by atoms with E-state index < -0.39 is 0 Å². The molecule has 25 heavy (non-hydrogen) atoms. The number of aryl methyl sites for hydroxylation is 1. The van der Waals surface area contributed by atoms with Gasteiger partial charge < -0.3 is 15.2 Å². The van der Waals surface area contributed by atoms with Crippen LogP contribution in [0, 0.1) is 0 Å². The van der Waals surface area contributed by atoms with Crippen LogP contribution in [0.4, 0.5) is 5.69 Å². The Morgan fingerprint density at radius 1 is 1.16 bits per heavy atom. The fraction of sp³-hybridized carbons (Fsp3) is 0.263. The van der Waals surface area contributed by atoms with Gasteiger partial charge in [0, 0.05) is 16.6 Å². The van der Waals surface area contributed by atoms with Crippen molar-refractivity contribution in [2.24, 2.45) is 0 Å². The molecule has 0 aliphatic rings. The Balaban J connectivity index is 2.03. The molecule has 130 valence electrons. The van der Waals surface area contributed by atoms with Crippen molar-refractivity contribution in [1.82, 2.24) is 4.98 Å². The van der Waals surface area contributed by atoms with Crippen molar-refractivity contribution in [1.29, 1.82) is 0 Å². The average Bonchev–Trinajstić information content (AvgIpc) is 2.97. The topological polar surface area (TPSA) is 74.4 Å². The molecule has 0 spiro atoms. The van der Waals surface area contributed by atoms with Gasteiger partial charge in [-0.15, -0.1) is 11.3 Å². The van der Waals surface area contributed by atoms with E-state index in [1.807, 2.05) is 12.1 Å². The van der Waals surface area contributed by atoms with Gasteiger partial charge in [0.25, 0.3) is 0 Å². The summed E-state index contributed by atoms with van der Waals surface area (Å²) in [5, 5.41) is 0.827. The number of carbonyl (C=O) groups is 1. The normalized spacial score (nSPS) is 10.8. The number of methoxy groups -OCH3 is 2. The van der Waals surface area contributed by atoms with Crippen LogP contribution in [0.3, 0.4) is 0 Å². The first-order chi connectivity index (χ1) is 12.1. The van der Waals surface area contributed by atoms with E-state index in [4.69, 9.17) is 15.2 Å². The number of rotatable bonds is 6. The molecule has 2 heterocycles. The summed E-state index contributed by atoms with van der Waals surface area (Å²) in [6.07, 6.45) is 1.93. The van der Waals surface area contributed by atoms with Crippen LogP contribution in [-0.4, -0.2) is 25.0 Å². The lowest BCUT2D eigenvalue weighted by atomic mass is 10.1. The van der Waals surface area contributed by atoms with Crippen LogP contribution in [0.5, 0.6) is 11.5 Å².